The highest BCUT2D eigenvalue weighted by Crippen LogP contribution is 2.20. The van der Waals surface area contributed by atoms with E-state index >= 15 is 0 Å². The van der Waals surface area contributed by atoms with Crippen molar-refractivity contribution in [1.82, 2.24) is 10.6 Å². The molecule has 0 bridgehead atoms. The van der Waals surface area contributed by atoms with Crippen LogP contribution in [0.25, 0.3) is 0 Å². The summed E-state index contributed by atoms with van der Waals surface area (Å²) in [5.74, 6) is 0.556. The van der Waals surface area contributed by atoms with Crippen LogP contribution < -0.4 is 20.1 Å². The van der Waals surface area contributed by atoms with Gasteiger partial charge in [0.25, 0.3) is 10.0 Å². The highest BCUT2D eigenvalue weighted by Gasteiger charge is 2.21. The summed E-state index contributed by atoms with van der Waals surface area (Å²) in [5, 5.41) is 6.03. The number of rotatable bonds is 7. The standard InChI is InChI=1S/C19H23N3O4S.ClH/c1-26-16-7-9-17(10-8-16)27(24,25)22-15-5-2-4-14(12-15)13-21-19(23)18-6-3-11-20-18;/h2,4-5,7-10,12,18,20,22H,3,6,11,13H2,1H3,(H,21,23);1H. The minimum atomic E-state index is -3.70. The molecule has 0 aliphatic carbocycles. The van der Waals surface area contributed by atoms with Crippen LogP contribution in [0.1, 0.15) is 18.4 Å². The van der Waals surface area contributed by atoms with Crippen molar-refractivity contribution < 1.29 is 17.9 Å². The number of hydrogen-bond acceptors (Lipinski definition) is 5. The van der Waals surface area contributed by atoms with Gasteiger partial charge in [0.2, 0.25) is 5.91 Å². The van der Waals surface area contributed by atoms with Crippen molar-refractivity contribution in [2.75, 3.05) is 18.4 Å². The lowest BCUT2D eigenvalue weighted by Crippen LogP contribution is -2.39. The van der Waals surface area contributed by atoms with Crippen LogP contribution in [-0.4, -0.2) is 34.0 Å². The van der Waals surface area contributed by atoms with Gasteiger partial charge >= 0.3 is 0 Å². The summed E-state index contributed by atoms with van der Waals surface area (Å²) in [4.78, 5) is 12.2. The second kappa shape index (κ2) is 9.77. The van der Waals surface area contributed by atoms with Gasteiger partial charge in [0.15, 0.2) is 0 Å². The number of benzene rings is 2. The number of ether oxygens (including phenoxy) is 1. The molecule has 1 amide bonds. The highest BCUT2D eigenvalue weighted by atomic mass is 35.5. The van der Waals surface area contributed by atoms with Crippen LogP contribution in [0.2, 0.25) is 0 Å². The van der Waals surface area contributed by atoms with Crippen molar-refractivity contribution >= 4 is 34.0 Å². The Balaban J connectivity index is 0.00000280. The Labute approximate surface area is 171 Å². The minimum absolute atomic E-state index is 0. The number of amides is 1. The first-order valence-electron chi connectivity index (χ1n) is 8.75. The molecular formula is C19H24ClN3O4S. The van der Waals surface area contributed by atoms with Gasteiger partial charge in [-0.25, -0.2) is 8.42 Å². The molecule has 1 saturated heterocycles. The number of halogens is 1. The normalized spacial score (nSPS) is 16.1. The van der Waals surface area contributed by atoms with Gasteiger partial charge < -0.3 is 15.4 Å². The summed E-state index contributed by atoms with van der Waals surface area (Å²) >= 11 is 0. The zero-order valence-electron chi connectivity index (χ0n) is 15.5. The molecule has 1 aliphatic rings. The van der Waals surface area contributed by atoms with Gasteiger partial charge in [-0.05, 0) is 61.3 Å². The van der Waals surface area contributed by atoms with Crippen LogP contribution in [0, 0.1) is 0 Å². The van der Waals surface area contributed by atoms with Crippen molar-refractivity contribution in [3.05, 3.63) is 54.1 Å². The van der Waals surface area contributed by atoms with Crippen molar-refractivity contribution in [1.29, 1.82) is 0 Å². The van der Waals surface area contributed by atoms with Crippen LogP contribution in [0.4, 0.5) is 5.69 Å². The van der Waals surface area contributed by atoms with Gasteiger partial charge in [-0.3, -0.25) is 9.52 Å². The summed E-state index contributed by atoms with van der Waals surface area (Å²) in [7, 11) is -2.18. The maximum Gasteiger partial charge on any atom is 0.261 e. The molecule has 28 heavy (non-hydrogen) atoms. The number of methoxy groups -OCH3 is 1. The van der Waals surface area contributed by atoms with Gasteiger partial charge in [0.05, 0.1) is 18.0 Å². The van der Waals surface area contributed by atoms with Crippen molar-refractivity contribution in [3.63, 3.8) is 0 Å². The third-order valence-electron chi connectivity index (χ3n) is 4.39. The first kappa shape index (κ1) is 22.0. The Kier molecular flexibility index (Phi) is 7.68. The van der Waals surface area contributed by atoms with Gasteiger partial charge in [-0.15, -0.1) is 12.4 Å². The molecule has 3 rings (SSSR count). The summed E-state index contributed by atoms with van der Waals surface area (Å²) in [6, 6.07) is 13.0. The number of anilines is 1. The largest absolute Gasteiger partial charge is 0.497 e. The maximum absolute atomic E-state index is 12.5. The summed E-state index contributed by atoms with van der Waals surface area (Å²) < 4.78 is 32.7. The lowest BCUT2D eigenvalue weighted by molar-refractivity contribution is -0.122. The van der Waals surface area contributed by atoms with Gasteiger partial charge in [0.1, 0.15) is 5.75 Å². The van der Waals surface area contributed by atoms with Crippen LogP contribution in [0.15, 0.2) is 53.4 Å². The molecule has 0 spiro atoms. The molecule has 1 unspecified atom stereocenters. The fourth-order valence-electron chi connectivity index (χ4n) is 2.93. The van der Waals surface area contributed by atoms with E-state index in [1.807, 2.05) is 6.07 Å². The number of carbonyl (C=O) groups excluding carboxylic acids is 1. The Bertz CT molecular complexity index is 898. The third kappa shape index (κ3) is 5.60. The Morgan fingerprint density at radius 3 is 2.61 bits per heavy atom. The van der Waals surface area contributed by atoms with E-state index in [0.29, 0.717) is 18.0 Å². The van der Waals surface area contributed by atoms with Crippen LogP contribution in [-0.2, 0) is 21.4 Å². The third-order valence-corrected chi connectivity index (χ3v) is 5.79. The average Bonchev–Trinajstić information content (AvgIpc) is 3.21. The van der Waals surface area contributed by atoms with E-state index in [2.05, 4.69) is 15.4 Å². The van der Waals surface area contributed by atoms with E-state index in [-0.39, 0.29) is 29.3 Å². The second-order valence-electron chi connectivity index (χ2n) is 6.35. The van der Waals surface area contributed by atoms with Gasteiger partial charge in [-0.2, -0.15) is 0 Å². The molecule has 0 radical (unpaired) electrons. The summed E-state index contributed by atoms with van der Waals surface area (Å²) in [5.41, 5.74) is 1.26. The maximum atomic E-state index is 12.5. The van der Waals surface area contributed by atoms with E-state index < -0.39 is 10.0 Å². The second-order valence-corrected chi connectivity index (χ2v) is 8.03. The average molecular weight is 426 g/mol. The highest BCUT2D eigenvalue weighted by molar-refractivity contribution is 7.92. The van der Waals surface area contributed by atoms with E-state index in [0.717, 1.165) is 24.9 Å². The molecule has 1 heterocycles. The molecule has 152 valence electrons. The predicted molar refractivity (Wildman–Crippen MR) is 110 cm³/mol. The van der Waals surface area contributed by atoms with E-state index in [1.165, 1.54) is 19.2 Å². The molecule has 3 N–H and O–H groups in total. The van der Waals surface area contributed by atoms with E-state index in [1.54, 1.807) is 30.3 Å². The summed E-state index contributed by atoms with van der Waals surface area (Å²) in [6.45, 7) is 1.20. The SMILES string of the molecule is COc1ccc(S(=O)(=O)Nc2cccc(CNC(=O)C3CCCN3)c2)cc1.Cl. The quantitative estimate of drug-likeness (QED) is 0.632. The van der Waals surface area contributed by atoms with Crippen LogP contribution in [0.5, 0.6) is 5.75 Å². The first-order valence-corrected chi connectivity index (χ1v) is 10.2. The molecule has 1 fully saturated rings. The van der Waals surface area contributed by atoms with Gasteiger partial charge in [0, 0.05) is 12.2 Å². The first-order chi connectivity index (χ1) is 13.0. The van der Waals surface area contributed by atoms with Crippen LogP contribution >= 0.6 is 12.4 Å². The lowest BCUT2D eigenvalue weighted by atomic mass is 10.2. The Hall–Kier alpha value is -2.29. The van der Waals surface area contributed by atoms with E-state index in [4.69, 9.17) is 4.74 Å². The molecule has 0 aromatic heterocycles. The predicted octanol–water partition coefficient (Wildman–Crippen LogP) is 2.29. The topological polar surface area (TPSA) is 96.5 Å². The molecule has 1 aliphatic heterocycles. The summed E-state index contributed by atoms with van der Waals surface area (Å²) in [6.07, 6.45) is 1.84. The van der Waals surface area contributed by atoms with Gasteiger partial charge in [-0.1, -0.05) is 12.1 Å². The fraction of sp³-hybridized carbons (Fsp3) is 0.316. The molecule has 9 heteroatoms. The Morgan fingerprint density at radius 2 is 1.96 bits per heavy atom. The van der Waals surface area contributed by atoms with Crippen LogP contribution in [0.3, 0.4) is 0 Å². The molecule has 2 aromatic rings. The van der Waals surface area contributed by atoms with E-state index in [9.17, 15) is 13.2 Å². The number of carbonyl (C=O) groups is 1. The lowest BCUT2D eigenvalue weighted by Gasteiger charge is -2.12. The molecule has 7 nitrogen and oxygen atoms in total. The number of nitrogens with one attached hydrogen (secondary N) is 3. The molecule has 1 atom stereocenters. The van der Waals surface area contributed by atoms with Crippen molar-refractivity contribution in [3.8, 4) is 5.75 Å². The monoisotopic (exact) mass is 425 g/mol. The Morgan fingerprint density at radius 1 is 1.21 bits per heavy atom. The zero-order valence-corrected chi connectivity index (χ0v) is 17.1. The molecule has 0 saturated carbocycles. The smallest absolute Gasteiger partial charge is 0.261 e. The zero-order chi connectivity index (χ0) is 19.3. The number of sulfonamides is 1. The molecule has 2 aromatic carbocycles. The van der Waals surface area contributed by atoms with Crippen molar-refractivity contribution in [2.24, 2.45) is 0 Å². The molecular weight excluding hydrogens is 402 g/mol. The van der Waals surface area contributed by atoms with Crippen molar-refractivity contribution in [2.45, 2.75) is 30.3 Å². The minimum Gasteiger partial charge on any atom is -0.497 e. The fourth-order valence-corrected chi connectivity index (χ4v) is 3.98. The number of hydrogen-bond donors (Lipinski definition) is 3.